The lowest BCUT2D eigenvalue weighted by atomic mass is 9.92. The van der Waals surface area contributed by atoms with E-state index in [4.69, 9.17) is 4.74 Å². The highest BCUT2D eigenvalue weighted by Crippen LogP contribution is 2.35. The highest BCUT2D eigenvalue weighted by molar-refractivity contribution is 5.81. The van der Waals surface area contributed by atoms with E-state index in [0.29, 0.717) is 18.4 Å². The Balaban J connectivity index is 2.42. The predicted octanol–water partition coefficient (Wildman–Crippen LogP) is 3.10. The number of rotatable bonds is 5. The molecule has 1 rings (SSSR count). The summed E-state index contributed by atoms with van der Waals surface area (Å²) in [6, 6.07) is 0. The van der Waals surface area contributed by atoms with Gasteiger partial charge in [0.15, 0.2) is 0 Å². The van der Waals surface area contributed by atoms with E-state index in [0.717, 1.165) is 6.42 Å². The van der Waals surface area contributed by atoms with Crippen molar-refractivity contribution in [3.05, 3.63) is 24.8 Å². The molecule has 0 radical (unpaired) electrons. The lowest BCUT2D eigenvalue weighted by Crippen LogP contribution is -2.06. The van der Waals surface area contributed by atoms with Crippen LogP contribution in [0.3, 0.4) is 0 Å². The molecule has 0 unspecified atom stereocenters. The molecule has 0 aromatic carbocycles. The molecule has 1 saturated carbocycles. The van der Waals surface area contributed by atoms with E-state index in [9.17, 15) is 4.79 Å². The number of esters is 1. The molecule has 1 fully saturated rings. The van der Waals surface area contributed by atoms with Crippen LogP contribution in [0, 0.1) is 11.8 Å². The van der Waals surface area contributed by atoms with Crippen LogP contribution in [0.4, 0.5) is 0 Å². The Labute approximate surface area is 92.0 Å². The number of carbonyl (C=O) groups excluding carboxylic acids is 1. The van der Waals surface area contributed by atoms with Crippen LogP contribution in [0.1, 0.15) is 32.6 Å². The fourth-order valence-electron chi connectivity index (χ4n) is 2.22. The molecular weight excluding hydrogens is 188 g/mol. The summed E-state index contributed by atoms with van der Waals surface area (Å²) in [6.45, 7) is 6.04. The summed E-state index contributed by atoms with van der Waals surface area (Å²) in [5.41, 5.74) is 0. The Hall–Kier alpha value is -1.05. The van der Waals surface area contributed by atoms with Gasteiger partial charge in [0.2, 0.25) is 0 Å². The fraction of sp³-hybridized carbons (Fsp3) is 0.615. The quantitative estimate of drug-likeness (QED) is 0.394. The van der Waals surface area contributed by atoms with Crippen LogP contribution in [0.2, 0.25) is 0 Å². The Kier molecular flexibility index (Phi) is 5.16. The Morgan fingerprint density at radius 3 is 3.00 bits per heavy atom. The van der Waals surface area contributed by atoms with E-state index in [1.165, 1.54) is 19.3 Å². The van der Waals surface area contributed by atoms with Crippen molar-refractivity contribution in [1.82, 2.24) is 0 Å². The second kappa shape index (κ2) is 6.44. The van der Waals surface area contributed by atoms with Crippen molar-refractivity contribution < 1.29 is 9.53 Å². The van der Waals surface area contributed by atoms with Crippen LogP contribution >= 0.6 is 0 Å². The first-order valence-corrected chi connectivity index (χ1v) is 5.73. The second-order valence-electron chi connectivity index (χ2n) is 3.99. The topological polar surface area (TPSA) is 26.3 Å². The Morgan fingerprint density at radius 2 is 2.33 bits per heavy atom. The molecule has 0 N–H and O–H groups in total. The van der Waals surface area contributed by atoms with Crippen molar-refractivity contribution >= 4 is 5.97 Å². The largest absolute Gasteiger partial charge is 0.463 e. The summed E-state index contributed by atoms with van der Waals surface area (Å²) in [6.07, 6.45) is 10.3. The molecule has 0 bridgehead atoms. The van der Waals surface area contributed by atoms with E-state index in [2.05, 4.69) is 6.58 Å². The average molecular weight is 208 g/mol. The van der Waals surface area contributed by atoms with Crippen molar-refractivity contribution in [1.29, 1.82) is 0 Å². The summed E-state index contributed by atoms with van der Waals surface area (Å²) in [5.74, 6) is 0.988. The molecule has 0 spiro atoms. The molecule has 0 saturated heterocycles. The van der Waals surface area contributed by atoms with Gasteiger partial charge in [-0.05, 0) is 38.0 Å². The SMILES string of the molecule is C=CC[C@@H]1CCC[C@@H]1/C=C/C(=O)OCC. The maximum Gasteiger partial charge on any atom is 0.330 e. The van der Waals surface area contributed by atoms with Gasteiger partial charge in [-0.1, -0.05) is 18.6 Å². The first-order chi connectivity index (χ1) is 7.27. The minimum absolute atomic E-state index is 0.221. The fourth-order valence-corrected chi connectivity index (χ4v) is 2.22. The maximum absolute atomic E-state index is 11.1. The van der Waals surface area contributed by atoms with Gasteiger partial charge in [0.25, 0.3) is 0 Å². The molecule has 15 heavy (non-hydrogen) atoms. The summed E-state index contributed by atoms with van der Waals surface area (Å²) in [4.78, 5) is 11.1. The average Bonchev–Trinajstić information content (AvgIpc) is 2.64. The van der Waals surface area contributed by atoms with E-state index >= 15 is 0 Å². The van der Waals surface area contributed by atoms with E-state index < -0.39 is 0 Å². The lowest BCUT2D eigenvalue weighted by molar-refractivity contribution is -0.137. The second-order valence-corrected chi connectivity index (χ2v) is 3.99. The van der Waals surface area contributed by atoms with Gasteiger partial charge in [-0.15, -0.1) is 6.58 Å². The minimum Gasteiger partial charge on any atom is -0.463 e. The summed E-state index contributed by atoms with van der Waals surface area (Å²) in [5, 5.41) is 0. The molecule has 2 heteroatoms. The zero-order chi connectivity index (χ0) is 11.1. The number of allylic oxidation sites excluding steroid dienone is 2. The first-order valence-electron chi connectivity index (χ1n) is 5.73. The third-order valence-corrected chi connectivity index (χ3v) is 2.95. The number of hydrogen-bond acceptors (Lipinski definition) is 2. The van der Waals surface area contributed by atoms with Crippen molar-refractivity contribution in [3.8, 4) is 0 Å². The molecule has 0 aliphatic heterocycles. The molecule has 84 valence electrons. The van der Waals surface area contributed by atoms with Crippen molar-refractivity contribution in [2.24, 2.45) is 11.8 Å². The van der Waals surface area contributed by atoms with E-state index in [-0.39, 0.29) is 5.97 Å². The molecular formula is C13H20O2. The lowest BCUT2D eigenvalue weighted by Gasteiger charge is -2.13. The summed E-state index contributed by atoms with van der Waals surface area (Å²) >= 11 is 0. The molecule has 0 heterocycles. The van der Waals surface area contributed by atoms with Gasteiger partial charge in [0.1, 0.15) is 0 Å². The van der Waals surface area contributed by atoms with Gasteiger partial charge in [0.05, 0.1) is 6.61 Å². The van der Waals surface area contributed by atoms with Crippen LogP contribution in [0.15, 0.2) is 24.8 Å². The summed E-state index contributed by atoms with van der Waals surface area (Å²) < 4.78 is 4.85. The van der Waals surface area contributed by atoms with Crippen molar-refractivity contribution in [2.75, 3.05) is 6.61 Å². The van der Waals surface area contributed by atoms with Crippen LogP contribution in [0.25, 0.3) is 0 Å². The third kappa shape index (κ3) is 3.90. The standard InChI is InChI=1S/C13H20O2/c1-3-6-11-7-5-8-12(11)9-10-13(14)15-4-2/h3,9-12H,1,4-8H2,2H3/b10-9+/t11-,12-/m1/s1. The molecule has 1 aliphatic carbocycles. The Bertz CT molecular complexity index is 243. The van der Waals surface area contributed by atoms with Gasteiger partial charge < -0.3 is 4.74 Å². The molecule has 2 atom stereocenters. The van der Waals surface area contributed by atoms with E-state index in [1.54, 1.807) is 6.08 Å². The van der Waals surface area contributed by atoms with Crippen LogP contribution in [-0.2, 0) is 9.53 Å². The highest BCUT2D eigenvalue weighted by Gasteiger charge is 2.23. The monoisotopic (exact) mass is 208 g/mol. The van der Waals surface area contributed by atoms with Gasteiger partial charge in [0, 0.05) is 6.08 Å². The van der Waals surface area contributed by atoms with Gasteiger partial charge >= 0.3 is 5.97 Å². The zero-order valence-electron chi connectivity index (χ0n) is 9.45. The molecule has 2 nitrogen and oxygen atoms in total. The maximum atomic E-state index is 11.1. The predicted molar refractivity (Wildman–Crippen MR) is 61.4 cm³/mol. The van der Waals surface area contributed by atoms with Crippen LogP contribution in [-0.4, -0.2) is 12.6 Å². The smallest absolute Gasteiger partial charge is 0.330 e. The highest BCUT2D eigenvalue weighted by atomic mass is 16.5. The first kappa shape index (κ1) is 12.0. The number of hydrogen-bond donors (Lipinski definition) is 0. The molecule has 1 aliphatic rings. The Morgan fingerprint density at radius 1 is 1.53 bits per heavy atom. The van der Waals surface area contributed by atoms with Gasteiger partial charge in [-0.3, -0.25) is 0 Å². The van der Waals surface area contributed by atoms with Crippen molar-refractivity contribution in [2.45, 2.75) is 32.6 Å². The van der Waals surface area contributed by atoms with Crippen molar-refractivity contribution in [3.63, 3.8) is 0 Å². The molecule has 0 aromatic heterocycles. The van der Waals surface area contributed by atoms with Gasteiger partial charge in [-0.25, -0.2) is 4.79 Å². The molecule has 0 amide bonds. The van der Waals surface area contributed by atoms with Crippen LogP contribution in [0.5, 0.6) is 0 Å². The minimum atomic E-state index is -0.221. The molecule has 0 aromatic rings. The normalized spacial score (nSPS) is 25.7. The zero-order valence-corrected chi connectivity index (χ0v) is 9.45. The van der Waals surface area contributed by atoms with Crippen LogP contribution < -0.4 is 0 Å². The van der Waals surface area contributed by atoms with E-state index in [1.807, 2.05) is 19.1 Å². The third-order valence-electron chi connectivity index (χ3n) is 2.95. The number of carbonyl (C=O) groups is 1. The van der Waals surface area contributed by atoms with Gasteiger partial charge in [-0.2, -0.15) is 0 Å². The number of ether oxygens (including phenoxy) is 1. The summed E-state index contributed by atoms with van der Waals surface area (Å²) in [7, 11) is 0.